The third kappa shape index (κ3) is 23.3. The second-order valence-corrected chi connectivity index (χ2v) is 14.5. The lowest BCUT2D eigenvalue weighted by Crippen LogP contribution is -2.60. The van der Waals surface area contributed by atoms with Gasteiger partial charge in [-0.15, -0.1) is 0 Å². The second kappa shape index (κ2) is 32.3. The van der Waals surface area contributed by atoms with E-state index < -0.39 is 49.5 Å². The molecular formula is C41H77NO8. The van der Waals surface area contributed by atoms with Crippen molar-refractivity contribution in [2.75, 3.05) is 13.2 Å². The van der Waals surface area contributed by atoms with E-state index in [1.54, 1.807) is 12.2 Å². The molecule has 1 rings (SSSR count). The summed E-state index contributed by atoms with van der Waals surface area (Å²) in [4.78, 5) is 12.9. The second-order valence-electron chi connectivity index (χ2n) is 14.5. The molecule has 0 aliphatic carbocycles. The van der Waals surface area contributed by atoms with Crippen molar-refractivity contribution in [2.24, 2.45) is 0 Å². The van der Waals surface area contributed by atoms with Gasteiger partial charge in [-0.1, -0.05) is 173 Å². The first kappa shape index (κ1) is 46.7. The van der Waals surface area contributed by atoms with Crippen molar-refractivity contribution in [3.8, 4) is 0 Å². The van der Waals surface area contributed by atoms with E-state index in [2.05, 4.69) is 25.2 Å². The predicted molar refractivity (Wildman–Crippen MR) is 203 cm³/mol. The number of nitrogens with one attached hydrogen (secondary N) is 1. The molecule has 0 saturated carbocycles. The number of aliphatic hydroxyl groups is 5. The molecule has 2 unspecified atom stereocenters. The first-order chi connectivity index (χ1) is 24.3. The van der Waals surface area contributed by atoms with Crippen LogP contribution in [-0.4, -0.2) is 87.5 Å². The van der Waals surface area contributed by atoms with Crippen LogP contribution >= 0.6 is 0 Å². The van der Waals surface area contributed by atoms with Crippen molar-refractivity contribution < 1.29 is 39.8 Å². The van der Waals surface area contributed by atoms with Crippen molar-refractivity contribution in [3.05, 3.63) is 24.3 Å². The van der Waals surface area contributed by atoms with Crippen molar-refractivity contribution in [1.82, 2.24) is 5.32 Å². The Balaban J connectivity index is 2.42. The fraction of sp³-hybridized carbons (Fsp3) is 0.878. The smallest absolute Gasteiger partial charge is 0.220 e. The fourth-order valence-electron chi connectivity index (χ4n) is 6.45. The summed E-state index contributed by atoms with van der Waals surface area (Å²) >= 11 is 0. The normalized spacial score (nSPS) is 22.4. The Morgan fingerprint density at radius 1 is 0.680 bits per heavy atom. The monoisotopic (exact) mass is 712 g/mol. The quantitative estimate of drug-likeness (QED) is 0.0302. The molecule has 1 fully saturated rings. The summed E-state index contributed by atoms with van der Waals surface area (Å²) in [6.07, 6.45) is 29.4. The third-order valence-corrected chi connectivity index (χ3v) is 9.83. The van der Waals surface area contributed by atoms with Gasteiger partial charge in [0.05, 0.1) is 25.4 Å². The molecule has 0 aromatic carbocycles. The Morgan fingerprint density at radius 3 is 1.66 bits per heavy atom. The standard InChI is InChI=1S/C41H77NO8/c1-3-5-7-9-11-13-15-16-17-18-19-21-23-25-27-29-31-37(45)42-34(33-49-41-40(48)39(47)38(46)36(32-43)50-41)35(44)30-28-26-24-22-20-14-12-10-8-6-4-2/h24,26,28,30,34-36,38-41,43-44,46-48H,3-23,25,27,29,31-33H2,1-2H3,(H,42,45)/b26-24+,30-28+/t34-,35+,36-,38-,39?,40?,41-/m0/s1. The van der Waals surface area contributed by atoms with E-state index >= 15 is 0 Å². The summed E-state index contributed by atoms with van der Waals surface area (Å²) in [7, 11) is 0. The van der Waals surface area contributed by atoms with Gasteiger partial charge < -0.3 is 40.3 Å². The number of carbonyl (C=O) groups is 1. The molecule has 1 aliphatic rings. The molecule has 0 aromatic rings. The maximum absolute atomic E-state index is 12.9. The molecule has 9 nitrogen and oxygen atoms in total. The number of rotatable bonds is 33. The van der Waals surface area contributed by atoms with E-state index in [-0.39, 0.29) is 12.5 Å². The third-order valence-electron chi connectivity index (χ3n) is 9.83. The van der Waals surface area contributed by atoms with Gasteiger partial charge in [-0.05, 0) is 19.3 Å². The number of unbranched alkanes of at least 4 members (excludes halogenated alkanes) is 22. The Labute approximate surface area is 305 Å². The highest BCUT2D eigenvalue weighted by molar-refractivity contribution is 5.76. The Bertz CT molecular complexity index is 837. The molecule has 0 bridgehead atoms. The summed E-state index contributed by atoms with van der Waals surface area (Å²) in [6, 6.07) is -0.830. The van der Waals surface area contributed by atoms with Gasteiger partial charge in [0.25, 0.3) is 0 Å². The summed E-state index contributed by atoms with van der Waals surface area (Å²) in [6.45, 7) is 3.71. The number of allylic oxidation sites excluding steroid dienone is 3. The number of carbonyl (C=O) groups excluding carboxylic acids is 1. The van der Waals surface area contributed by atoms with Gasteiger partial charge in [0, 0.05) is 6.42 Å². The van der Waals surface area contributed by atoms with E-state index in [0.717, 1.165) is 32.1 Å². The molecule has 1 amide bonds. The molecule has 1 aliphatic heterocycles. The summed E-state index contributed by atoms with van der Waals surface area (Å²) < 4.78 is 11.1. The molecule has 7 atom stereocenters. The molecular weight excluding hydrogens is 634 g/mol. The number of aliphatic hydroxyl groups excluding tert-OH is 5. The maximum Gasteiger partial charge on any atom is 0.220 e. The molecule has 294 valence electrons. The van der Waals surface area contributed by atoms with Crippen LogP contribution in [0.3, 0.4) is 0 Å². The van der Waals surface area contributed by atoms with Crippen molar-refractivity contribution >= 4 is 5.91 Å². The highest BCUT2D eigenvalue weighted by atomic mass is 16.7. The Kier molecular flexibility index (Phi) is 30.2. The van der Waals surface area contributed by atoms with Crippen molar-refractivity contribution in [1.29, 1.82) is 0 Å². The number of ether oxygens (including phenoxy) is 2. The van der Waals surface area contributed by atoms with Crippen molar-refractivity contribution in [2.45, 2.75) is 217 Å². The van der Waals surface area contributed by atoms with Crippen LogP contribution in [0.4, 0.5) is 0 Å². The van der Waals surface area contributed by atoms with Crippen LogP contribution in [0.2, 0.25) is 0 Å². The minimum Gasteiger partial charge on any atom is -0.394 e. The van der Waals surface area contributed by atoms with E-state index in [9.17, 15) is 30.3 Å². The maximum atomic E-state index is 12.9. The van der Waals surface area contributed by atoms with Crippen LogP contribution in [0.25, 0.3) is 0 Å². The summed E-state index contributed by atoms with van der Waals surface area (Å²) in [5, 5.41) is 53.9. The largest absolute Gasteiger partial charge is 0.394 e. The molecule has 0 spiro atoms. The Hall–Kier alpha value is -1.33. The van der Waals surface area contributed by atoms with Gasteiger partial charge in [-0.3, -0.25) is 4.79 Å². The van der Waals surface area contributed by atoms with Crippen LogP contribution in [0.5, 0.6) is 0 Å². The first-order valence-corrected chi connectivity index (χ1v) is 20.6. The molecule has 1 saturated heterocycles. The van der Waals surface area contributed by atoms with Crippen LogP contribution < -0.4 is 5.32 Å². The number of hydrogen-bond donors (Lipinski definition) is 6. The van der Waals surface area contributed by atoms with Gasteiger partial charge in [0.1, 0.15) is 24.4 Å². The minimum atomic E-state index is -1.57. The van der Waals surface area contributed by atoms with Gasteiger partial charge in [0.2, 0.25) is 5.91 Å². The topological polar surface area (TPSA) is 149 Å². The summed E-state index contributed by atoms with van der Waals surface area (Å²) in [5.74, 6) is -0.195. The average Bonchev–Trinajstić information content (AvgIpc) is 3.11. The zero-order valence-corrected chi connectivity index (χ0v) is 31.9. The van der Waals surface area contributed by atoms with Crippen LogP contribution in [0.1, 0.15) is 174 Å². The van der Waals surface area contributed by atoms with Gasteiger partial charge in [0.15, 0.2) is 6.29 Å². The first-order valence-electron chi connectivity index (χ1n) is 20.6. The SMILES string of the molecule is CCCCCCCCC/C=C/C=C/[C@@H](O)[C@H](CO[C@H]1O[C@@H](CO)[C@H](O)C(O)C1O)NC(=O)CCCCCCCCCCCCCCCCCC. The van der Waals surface area contributed by atoms with Crippen LogP contribution in [0, 0.1) is 0 Å². The molecule has 0 radical (unpaired) electrons. The van der Waals surface area contributed by atoms with E-state index in [1.807, 2.05) is 6.08 Å². The number of hydrogen-bond acceptors (Lipinski definition) is 8. The molecule has 0 aromatic heterocycles. The van der Waals surface area contributed by atoms with Gasteiger partial charge in [-0.25, -0.2) is 0 Å². The number of amides is 1. The average molecular weight is 712 g/mol. The Morgan fingerprint density at radius 2 is 1.16 bits per heavy atom. The van der Waals surface area contributed by atoms with Gasteiger partial charge in [-0.2, -0.15) is 0 Å². The van der Waals surface area contributed by atoms with E-state index in [4.69, 9.17) is 9.47 Å². The van der Waals surface area contributed by atoms with Crippen molar-refractivity contribution in [3.63, 3.8) is 0 Å². The van der Waals surface area contributed by atoms with Crippen LogP contribution in [0.15, 0.2) is 24.3 Å². The molecule has 50 heavy (non-hydrogen) atoms. The highest BCUT2D eigenvalue weighted by Crippen LogP contribution is 2.22. The van der Waals surface area contributed by atoms with Crippen LogP contribution in [-0.2, 0) is 14.3 Å². The molecule has 1 heterocycles. The summed E-state index contributed by atoms with van der Waals surface area (Å²) in [5.41, 5.74) is 0. The lowest BCUT2D eigenvalue weighted by Gasteiger charge is -2.40. The zero-order chi connectivity index (χ0) is 36.7. The van der Waals surface area contributed by atoms with E-state index in [0.29, 0.717) is 6.42 Å². The lowest BCUT2D eigenvalue weighted by molar-refractivity contribution is -0.302. The lowest BCUT2D eigenvalue weighted by atomic mass is 9.99. The predicted octanol–water partition coefficient (Wildman–Crippen LogP) is 7.55. The minimum absolute atomic E-state index is 0.195. The van der Waals surface area contributed by atoms with Gasteiger partial charge >= 0.3 is 0 Å². The highest BCUT2D eigenvalue weighted by Gasteiger charge is 2.44. The zero-order valence-electron chi connectivity index (χ0n) is 31.9. The van der Waals surface area contributed by atoms with E-state index in [1.165, 1.54) is 122 Å². The molecule has 6 N–H and O–H groups in total. The fourth-order valence-corrected chi connectivity index (χ4v) is 6.45. The molecule has 9 heteroatoms.